The van der Waals surface area contributed by atoms with Gasteiger partial charge in [0.05, 0.1) is 9.82 Å². The molecule has 0 saturated carbocycles. The molecule has 0 aliphatic carbocycles. The molecule has 0 amide bonds. The monoisotopic (exact) mass is 329 g/mol. The Kier molecular flexibility index (Phi) is 3.78. The summed E-state index contributed by atoms with van der Waals surface area (Å²) in [6.45, 7) is 3.12. The third-order valence-electron chi connectivity index (χ3n) is 2.56. The van der Waals surface area contributed by atoms with Gasteiger partial charge in [0.2, 0.25) is 5.13 Å². The van der Waals surface area contributed by atoms with Crippen LogP contribution in [0.2, 0.25) is 0 Å². The van der Waals surface area contributed by atoms with Crippen LogP contribution in [0, 0.1) is 24.0 Å². The molecule has 9 nitrogen and oxygen atoms in total. The van der Waals surface area contributed by atoms with Crippen molar-refractivity contribution >= 4 is 38.1 Å². The number of nitro benzene ring substituents is 1. The van der Waals surface area contributed by atoms with E-state index in [0.29, 0.717) is 11.4 Å². The molecule has 0 bridgehead atoms. The van der Waals surface area contributed by atoms with Crippen LogP contribution in [-0.2, 0) is 10.0 Å². The minimum atomic E-state index is -4.01. The fourth-order valence-corrected chi connectivity index (χ4v) is 3.70. The molecule has 0 aliphatic rings. The van der Waals surface area contributed by atoms with E-state index in [4.69, 9.17) is 5.73 Å². The van der Waals surface area contributed by atoms with E-state index in [1.807, 2.05) is 0 Å². The Morgan fingerprint density at radius 2 is 2.05 bits per heavy atom. The highest BCUT2D eigenvalue weighted by atomic mass is 32.2. The number of aromatic nitrogens is 2. The second kappa shape index (κ2) is 5.26. The van der Waals surface area contributed by atoms with Crippen molar-refractivity contribution in [3.05, 3.63) is 33.6 Å². The molecule has 0 spiro atoms. The highest BCUT2D eigenvalue weighted by Crippen LogP contribution is 2.29. The van der Waals surface area contributed by atoms with Crippen LogP contribution in [0.5, 0.6) is 0 Å². The van der Waals surface area contributed by atoms with Gasteiger partial charge in [0.15, 0.2) is 0 Å². The highest BCUT2D eigenvalue weighted by Gasteiger charge is 2.24. The molecule has 0 atom stereocenters. The van der Waals surface area contributed by atoms with E-state index in [1.165, 1.54) is 13.0 Å². The third kappa shape index (κ3) is 3.08. The summed E-state index contributed by atoms with van der Waals surface area (Å²) in [7, 11) is -4.01. The van der Waals surface area contributed by atoms with E-state index < -0.39 is 20.6 Å². The van der Waals surface area contributed by atoms with Crippen LogP contribution in [0.1, 0.15) is 11.4 Å². The number of rotatable bonds is 4. The SMILES string of the molecule is Cc1nsc(NS(=O)(=O)c2cc([N+](=O)[O-])c(N)cc2C)n1. The first-order valence-corrected chi connectivity index (χ1v) is 7.84. The highest BCUT2D eigenvalue weighted by molar-refractivity contribution is 7.93. The third-order valence-corrected chi connectivity index (χ3v) is 4.89. The molecule has 1 aromatic heterocycles. The Balaban J connectivity index is 2.49. The molecule has 21 heavy (non-hydrogen) atoms. The lowest BCUT2D eigenvalue weighted by Gasteiger charge is -2.09. The van der Waals surface area contributed by atoms with Gasteiger partial charge in [-0.3, -0.25) is 14.8 Å². The van der Waals surface area contributed by atoms with Gasteiger partial charge >= 0.3 is 0 Å². The van der Waals surface area contributed by atoms with Crippen LogP contribution in [0.15, 0.2) is 17.0 Å². The maximum absolute atomic E-state index is 12.3. The summed E-state index contributed by atoms with van der Waals surface area (Å²) < 4.78 is 30.7. The zero-order chi connectivity index (χ0) is 15.8. The van der Waals surface area contributed by atoms with Crippen LogP contribution in [-0.4, -0.2) is 22.7 Å². The van der Waals surface area contributed by atoms with Crippen molar-refractivity contribution in [3.8, 4) is 0 Å². The average molecular weight is 329 g/mol. The molecular weight excluding hydrogens is 318 g/mol. The summed E-state index contributed by atoms with van der Waals surface area (Å²) in [5, 5.41) is 11.0. The lowest BCUT2D eigenvalue weighted by Crippen LogP contribution is -2.15. The van der Waals surface area contributed by atoms with Gasteiger partial charge in [-0.2, -0.15) is 4.37 Å². The first-order chi connectivity index (χ1) is 9.70. The van der Waals surface area contributed by atoms with Crippen LogP contribution in [0.25, 0.3) is 0 Å². The number of benzene rings is 1. The molecule has 2 aromatic rings. The zero-order valence-electron chi connectivity index (χ0n) is 11.0. The Morgan fingerprint density at radius 3 is 2.57 bits per heavy atom. The fourth-order valence-electron chi connectivity index (χ4n) is 1.66. The Labute approximate surface area is 124 Å². The van der Waals surface area contributed by atoms with Crippen molar-refractivity contribution in [1.29, 1.82) is 0 Å². The number of anilines is 2. The number of nitrogens with one attached hydrogen (secondary N) is 1. The normalized spacial score (nSPS) is 11.3. The number of sulfonamides is 1. The minimum absolute atomic E-state index is 0.0892. The molecule has 3 N–H and O–H groups in total. The molecule has 0 saturated heterocycles. The number of nitro groups is 1. The number of nitrogens with zero attached hydrogens (tertiary/aromatic N) is 3. The van der Waals surface area contributed by atoms with E-state index in [-0.39, 0.29) is 15.7 Å². The summed E-state index contributed by atoms with van der Waals surface area (Å²) in [6.07, 6.45) is 0. The van der Waals surface area contributed by atoms with Gasteiger partial charge in [-0.15, -0.1) is 0 Å². The van der Waals surface area contributed by atoms with Crippen molar-refractivity contribution in [1.82, 2.24) is 9.36 Å². The van der Waals surface area contributed by atoms with E-state index in [0.717, 1.165) is 17.6 Å². The predicted octanol–water partition coefficient (Wildman–Crippen LogP) is 1.45. The van der Waals surface area contributed by atoms with Crippen LogP contribution in [0.3, 0.4) is 0 Å². The molecule has 2 rings (SSSR count). The van der Waals surface area contributed by atoms with Crippen LogP contribution >= 0.6 is 11.5 Å². The van der Waals surface area contributed by atoms with Crippen molar-refractivity contribution in [3.63, 3.8) is 0 Å². The van der Waals surface area contributed by atoms with E-state index >= 15 is 0 Å². The maximum atomic E-state index is 12.3. The van der Waals surface area contributed by atoms with Gasteiger partial charge in [0.1, 0.15) is 11.5 Å². The van der Waals surface area contributed by atoms with Gasteiger partial charge in [0, 0.05) is 17.6 Å². The van der Waals surface area contributed by atoms with Crippen molar-refractivity contribution in [2.24, 2.45) is 0 Å². The van der Waals surface area contributed by atoms with Gasteiger partial charge in [0.25, 0.3) is 15.7 Å². The second-order valence-electron chi connectivity index (χ2n) is 4.19. The largest absolute Gasteiger partial charge is 0.393 e. The maximum Gasteiger partial charge on any atom is 0.293 e. The van der Waals surface area contributed by atoms with Gasteiger partial charge in [-0.1, -0.05) is 0 Å². The molecule has 0 fully saturated rings. The number of nitrogen functional groups attached to an aromatic ring is 1. The summed E-state index contributed by atoms with van der Waals surface area (Å²) >= 11 is 0.881. The smallest absolute Gasteiger partial charge is 0.293 e. The number of nitrogens with two attached hydrogens (primary N) is 1. The van der Waals surface area contributed by atoms with E-state index in [2.05, 4.69) is 14.1 Å². The summed E-state index contributed by atoms with van der Waals surface area (Å²) in [4.78, 5) is 13.8. The van der Waals surface area contributed by atoms with Crippen molar-refractivity contribution < 1.29 is 13.3 Å². The lowest BCUT2D eigenvalue weighted by atomic mass is 10.2. The molecule has 1 heterocycles. The lowest BCUT2D eigenvalue weighted by molar-refractivity contribution is -0.384. The topological polar surface area (TPSA) is 141 Å². The molecule has 0 unspecified atom stereocenters. The fraction of sp³-hybridized carbons (Fsp3) is 0.200. The van der Waals surface area contributed by atoms with E-state index in [9.17, 15) is 18.5 Å². The van der Waals surface area contributed by atoms with Crippen LogP contribution in [0.4, 0.5) is 16.5 Å². The minimum Gasteiger partial charge on any atom is -0.393 e. The van der Waals surface area contributed by atoms with Crippen molar-refractivity contribution in [2.75, 3.05) is 10.5 Å². The average Bonchev–Trinajstić information content (AvgIpc) is 2.72. The van der Waals surface area contributed by atoms with Gasteiger partial charge in [-0.25, -0.2) is 13.4 Å². The van der Waals surface area contributed by atoms with Crippen LogP contribution < -0.4 is 10.5 Å². The molecule has 11 heteroatoms. The Hall–Kier alpha value is -2.27. The quantitative estimate of drug-likeness (QED) is 0.491. The summed E-state index contributed by atoms with van der Waals surface area (Å²) in [5.74, 6) is 0.428. The first-order valence-electron chi connectivity index (χ1n) is 5.58. The molecule has 0 aliphatic heterocycles. The zero-order valence-corrected chi connectivity index (χ0v) is 12.7. The predicted molar refractivity (Wildman–Crippen MR) is 77.7 cm³/mol. The summed E-state index contributed by atoms with van der Waals surface area (Å²) in [5.41, 5.74) is 5.25. The van der Waals surface area contributed by atoms with Gasteiger partial charge in [-0.05, 0) is 25.5 Å². The molecule has 0 radical (unpaired) electrons. The second-order valence-corrected chi connectivity index (χ2v) is 6.59. The molecule has 1 aromatic carbocycles. The first kappa shape index (κ1) is 15.1. The van der Waals surface area contributed by atoms with Gasteiger partial charge < -0.3 is 5.73 Å². The standard InChI is InChI=1S/C10H11N5O4S2/c1-5-3-7(11)8(15(16)17)4-9(5)21(18,19)14-10-12-6(2)13-20-10/h3-4H,11H2,1-2H3,(H,12,13,14). The Morgan fingerprint density at radius 1 is 1.38 bits per heavy atom. The molecular formula is C10H11N5O4S2. The number of hydrogen-bond donors (Lipinski definition) is 2. The summed E-state index contributed by atoms with van der Waals surface area (Å²) in [6, 6.07) is 2.18. The molecule has 112 valence electrons. The van der Waals surface area contributed by atoms with Crippen molar-refractivity contribution in [2.45, 2.75) is 18.7 Å². The number of hydrogen-bond acceptors (Lipinski definition) is 8. The Bertz CT molecular complexity index is 815. The van der Waals surface area contributed by atoms with E-state index in [1.54, 1.807) is 6.92 Å². The number of aryl methyl sites for hydroxylation is 2.